The molecular weight excluding hydrogens is 315 g/mol. The zero-order valence-electron chi connectivity index (χ0n) is 11.1. The van der Waals surface area contributed by atoms with Crippen LogP contribution in [0, 0.1) is 6.92 Å². The minimum atomic E-state index is -0.592. The molecule has 0 aliphatic rings. The van der Waals surface area contributed by atoms with Crippen LogP contribution in [-0.4, -0.2) is 21.6 Å². The number of oxime groups is 1. The number of aromatic nitrogens is 2. The second-order valence-corrected chi connectivity index (χ2v) is 5.06. The minimum Gasteiger partial charge on any atom is -0.380 e. The van der Waals surface area contributed by atoms with Gasteiger partial charge in [-0.25, -0.2) is 4.79 Å². The number of hydrogen-bond acceptors (Lipinski definition) is 4. The molecule has 0 fully saturated rings. The second kappa shape index (κ2) is 6.60. The zero-order valence-corrected chi connectivity index (χ0v) is 12.6. The smallest absolute Gasteiger partial charge is 0.356 e. The largest absolute Gasteiger partial charge is 0.380 e. The molecule has 8 heteroatoms. The Kier molecular flexibility index (Phi) is 4.82. The van der Waals surface area contributed by atoms with Crippen molar-refractivity contribution in [3.05, 3.63) is 51.8 Å². The quantitative estimate of drug-likeness (QED) is 0.404. The molecule has 2 N–H and O–H groups in total. The standard InChI is InChI=1S/C13H12Cl2N4O2/c1-8-4-5-19(17-8)7-12(20)21-18-13(16)10-3-2-9(14)6-11(10)15/h2-6H,7H2,1H3,(H2,16,18). The van der Waals surface area contributed by atoms with Crippen LogP contribution in [0.15, 0.2) is 35.6 Å². The highest BCUT2D eigenvalue weighted by Gasteiger charge is 2.09. The summed E-state index contributed by atoms with van der Waals surface area (Å²) in [5.41, 5.74) is 6.95. The summed E-state index contributed by atoms with van der Waals surface area (Å²) >= 11 is 11.8. The summed E-state index contributed by atoms with van der Waals surface area (Å²) in [7, 11) is 0. The first-order chi connectivity index (χ1) is 9.95. The SMILES string of the molecule is Cc1ccn(CC(=O)O/N=C(\N)c2ccc(Cl)cc2Cl)n1. The number of carbonyl (C=O) groups is 1. The van der Waals surface area contributed by atoms with Crippen molar-refractivity contribution in [2.45, 2.75) is 13.5 Å². The van der Waals surface area contributed by atoms with Crippen molar-refractivity contribution in [2.75, 3.05) is 0 Å². The topological polar surface area (TPSA) is 82.5 Å². The number of benzene rings is 1. The van der Waals surface area contributed by atoms with Gasteiger partial charge in [0.25, 0.3) is 0 Å². The van der Waals surface area contributed by atoms with Crippen molar-refractivity contribution in [1.82, 2.24) is 9.78 Å². The van der Waals surface area contributed by atoms with Crippen LogP contribution in [0.25, 0.3) is 0 Å². The third kappa shape index (κ3) is 4.21. The number of nitrogens with two attached hydrogens (primary N) is 1. The highest BCUT2D eigenvalue weighted by atomic mass is 35.5. The van der Waals surface area contributed by atoms with Crippen molar-refractivity contribution in [1.29, 1.82) is 0 Å². The molecule has 21 heavy (non-hydrogen) atoms. The number of rotatable bonds is 4. The molecule has 1 aromatic carbocycles. The van der Waals surface area contributed by atoms with E-state index in [2.05, 4.69) is 10.3 Å². The van der Waals surface area contributed by atoms with Crippen molar-refractivity contribution in [3.63, 3.8) is 0 Å². The maximum absolute atomic E-state index is 11.6. The van der Waals surface area contributed by atoms with E-state index >= 15 is 0 Å². The zero-order chi connectivity index (χ0) is 15.4. The van der Waals surface area contributed by atoms with Gasteiger partial charge < -0.3 is 10.6 Å². The van der Waals surface area contributed by atoms with Crippen LogP contribution in [0.4, 0.5) is 0 Å². The lowest BCUT2D eigenvalue weighted by Crippen LogP contribution is -2.17. The van der Waals surface area contributed by atoms with Crippen LogP contribution >= 0.6 is 23.2 Å². The molecule has 0 unspecified atom stereocenters. The van der Waals surface area contributed by atoms with E-state index in [9.17, 15) is 4.79 Å². The minimum absolute atomic E-state index is 0.0123. The number of hydrogen-bond donors (Lipinski definition) is 1. The summed E-state index contributed by atoms with van der Waals surface area (Å²) in [4.78, 5) is 16.3. The third-order valence-electron chi connectivity index (χ3n) is 2.52. The Balaban J connectivity index is 2.01. The second-order valence-electron chi connectivity index (χ2n) is 4.22. The van der Waals surface area contributed by atoms with Gasteiger partial charge in [-0.15, -0.1) is 0 Å². The first-order valence-electron chi connectivity index (χ1n) is 5.94. The van der Waals surface area contributed by atoms with Gasteiger partial charge in [0, 0.05) is 16.8 Å². The molecule has 1 aromatic heterocycles. The van der Waals surface area contributed by atoms with Gasteiger partial charge in [0.2, 0.25) is 0 Å². The number of nitrogens with zero attached hydrogens (tertiary/aromatic N) is 3. The Morgan fingerprint density at radius 2 is 2.19 bits per heavy atom. The molecule has 0 spiro atoms. The Hall–Kier alpha value is -2.05. The average Bonchev–Trinajstić information content (AvgIpc) is 2.81. The van der Waals surface area contributed by atoms with Gasteiger partial charge in [0.15, 0.2) is 5.84 Å². The molecule has 0 aliphatic carbocycles. The Labute approximate surface area is 131 Å². The fraction of sp³-hybridized carbons (Fsp3) is 0.154. The molecular formula is C13H12Cl2N4O2. The molecule has 1 heterocycles. The molecule has 0 saturated carbocycles. The molecule has 2 rings (SSSR count). The summed E-state index contributed by atoms with van der Waals surface area (Å²) in [6.45, 7) is 1.76. The molecule has 110 valence electrons. The maximum atomic E-state index is 11.6. The monoisotopic (exact) mass is 326 g/mol. The molecule has 0 radical (unpaired) electrons. The van der Waals surface area contributed by atoms with Crippen LogP contribution < -0.4 is 5.73 Å². The van der Waals surface area contributed by atoms with Crippen molar-refractivity contribution >= 4 is 35.0 Å². The number of halogens is 2. The van der Waals surface area contributed by atoms with Crippen LogP contribution in [0.2, 0.25) is 10.0 Å². The van der Waals surface area contributed by atoms with Crippen LogP contribution in [0.5, 0.6) is 0 Å². The van der Waals surface area contributed by atoms with Gasteiger partial charge in [-0.1, -0.05) is 28.4 Å². The van der Waals surface area contributed by atoms with Crippen molar-refractivity contribution < 1.29 is 9.63 Å². The van der Waals surface area contributed by atoms with Gasteiger partial charge in [-0.2, -0.15) is 5.10 Å². The maximum Gasteiger partial charge on any atom is 0.356 e. The predicted octanol–water partition coefficient (Wildman–Crippen LogP) is 2.36. The van der Waals surface area contributed by atoms with E-state index in [0.717, 1.165) is 5.69 Å². The number of carbonyl (C=O) groups excluding carboxylic acids is 1. The lowest BCUT2D eigenvalue weighted by atomic mass is 10.2. The van der Waals surface area contributed by atoms with Gasteiger partial charge in [0.05, 0.1) is 10.7 Å². The lowest BCUT2D eigenvalue weighted by Gasteiger charge is -2.04. The summed E-state index contributed by atoms with van der Waals surface area (Å²) in [6, 6.07) is 6.50. The van der Waals surface area contributed by atoms with Gasteiger partial charge >= 0.3 is 5.97 Å². The summed E-state index contributed by atoms with van der Waals surface area (Å²) in [5.74, 6) is -0.604. The van der Waals surface area contributed by atoms with Gasteiger partial charge in [-0.05, 0) is 31.2 Å². The summed E-state index contributed by atoms with van der Waals surface area (Å²) in [6.07, 6.45) is 1.67. The van der Waals surface area contributed by atoms with Crippen molar-refractivity contribution in [2.24, 2.45) is 10.9 Å². The molecule has 0 atom stereocenters. The molecule has 2 aromatic rings. The number of aryl methyl sites for hydroxylation is 1. The van der Waals surface area contributed by atoms with E-state index in [1.54, 1.807) is 24.4 Å². The summed E-state index contributed by atoms with van der Waals surface area (Å²) in [5, 5.41) is 8.42. The van der Waals surface area contributed by atoms with Gasteiger partial charge in [-0.3, -0.25) is 4.68 Å². The van der Waals surface area contributed by atoms with Crippen LogP contribution in [0.3, 0.4) is 0 Å². The van der Waals surface area contributed by atoms with E-state index in [-0.39, 0.29) is 12.4 Å². The molecule has 0 amide bonds. The molecule has 6 nitrogen and oxygen atoms in total. The Bertz CT molecular complexity index is 697. The number of amidine groups is 1. The fourth-order valence-corrected chi connectivity index (χ4v) is 2.06. The highest BCUT2D eigenvalue weighted by Crippen LogP contribution is 2.20. The Morgan fingerprint density at radius 1 is 1.43 bits per heavy atom. The molecule has 0 saturated heterocycles. The predicted molar refractivity (Wildman–Crippen MR) is 80.2 cm³/mol. The first-order valence-corrected chi connectivity index (χ1v) is 6.70. The van der Waals surface area contributed by atoms with Crippen molar-refractivity contribution in [3.8, 4) is 0 Å². The molecule has 0 bridgehead atoms. The first kappa shape index (κ1) is 15.3. The van der Waals surface area contributed by atoms with E-state index in [0.29, 0.717) is 15.6 Å². The van der Waals surface area contributed by atoms with E-state index < -0.39 is 5.97 Å². The Morgan fingerprint density at radius 3 is 2.81 bits per heavy atom. The third-order valence-corrected chi connectivity index (χ3v) is 3.07. The highest BCUT2D eigenvalue weighted by molar-refractivity contribution is 6.36. The normalized spacial score (nSPS) is 11.5. The van der Waals surface area contributed by atoms with Crippen LogP contribution in [-0.2, 0) is 16.2 Å². The van der Waals surface area contributed by atoms with Crippen LogP contribution in [0.1, 0.15) is 11.3 Å². The van der Waals surface area contributed by atoms with E-state index in [4.69, 9.17) is 33.8 Å². The molecule has 0 aliphatic heterocycles. The van der Waals surface area contributed by atoms with E-state index in [1.807, 2.05) is 6.92 Å². The van der Waals surface area contributed by atoms with E-state index in [1.165, 1.54) is 10.7 Å². The lowest BCUT2D eigenvalue weighted by molar-refractivity contribution is -0.144. The van der Waals surface area contributed by atoms with Gasteiger partial charge in [0.1, 0.15) is 6.54 Å². The average molecular weight is 327 g/mol. The fourth-order valence-electron chi connectivity index (χ4n) is 1.56. The summed E-state index contributed by atoms with van der Waals surface area (Å²) < 4.78 is 1.44.